The van der Waals surface area contributed by atoms with E-state index < -0.39 is 10.0 Å². The number of halogens is 1. The molecule has 1 radical (unpaired) electrons. The summed E-state index contributed by atoms with van der Waals surface area (Å²) in [6, 6.07) is 12.2. The molecule has 0 fully saturated rings. The van der Waals surface area contributed by atoms with E-state index in [0.29, 0.717) is 28.4 Å². The van der Waals surface area contributed by atoms with Gasteiger partial charge in [-0.05, 0) is 55.0 Å². The van der Waals surface area contributed by atoms with Crippen LogP contribution in [-0.4, -0.2) is 59.6 Å². The largest absolute Gasteiger partial charge is 0.344 e. The van der Waals surface area contributed by atoms with Gasteiger partial charge in [0.05, 0.1) is 23.8 Å². The summed E-state index contributed by atoms with van der Waals surface area (Å²) in [5.41, 5.74) is 4.19. The first-order chi connectivity index (χ1) is 13.1. The summed E-state index contributed by atoms with van der Waals surface area (Å²) in [5.74, 6) is -0.0661. The molecule has 0 aliphatic carbocycles. The van der Waals surface area contributed by atoms with Crippen LogP contribution in [0.4, 0.5) is 5.69 Å². The van der Waals surface area contributed by atoms with Crippen LogP contribution in [0.25, 0.3) is 0 Å². The topological polar surface area (TPSA) is 81.1 Å². The molecule has 1 aromatic carbocycles. The van der Waals surface area contributed by atoms with Crippen LogP contribution in [0, 0.1) is 6.92 Å². The Morgan fingerprint density at radius 3 is 2.38 bits per heavy atom. The number of aryl methyl sites for hydroxylation is 1. The van der Waals surface area contributed by atoms with Crippen molar-refractivity contribution in [2.24, 2.45) is 7.05 Å². The molecular weight excluding hydrogens is 421 g/mol. The summed E-state index contributed by atoms with van der Waals surface area (Å²) in [6.07, 6.45) is 3.09. The van der Waals surface area contributed by atoms with Crippen LogP contribution in [-0.2, 0) is 23.5 Å². The van der Waals surface area contributed by atoms with E-state index in [-0.39, 0.29) is 35.3 Å². The van der Waals surface area contributed by atoms with Gasteiger partial charge in [0.15, 0.2) is 0 Å². The molecule has 0 saturated heterocycles. The van der Waals surface area contributed by atoms with Gasteiger partial charge >= 0.3 is 0 Å². The molecular formula is C20H20ClN3NaO3S. The number of ketones is 1. The Hall–Kier alpha value is -1.64. The summed E-state index contributed by atoms with van der Waals surface area (Å²) >= 11 is 5.90. The molecule has 0 unspecified atom stereocenters. The zero-order chi connectivity index (χ0) is 20.5. The fourth-order valence-corrected chi connectivity index (χ4v) is 3.73. The molecule has 2 aromatic heterocycles. The second-order valence-corrected chi connectivity index (χ2v) is 8.84. The monoisotopic (exact) mass is 440 g/mol. The molecule has 147 valence electrons. The minimum absolute atomic E-state index is 0. The van der Waals surface area contributed by atoms with Crippen molar-refractivity contribution in [1.29, 1.82) is 0 Å². The number of anilines is 1. The number of aromatic nitrogens is 2. The molecule has 3 aromatic rings. The Kier molecular flexibility index (Phi) is 7.70. The first-order valence-corrected chi connectivity index (χ1v) is 10.8. The molecule has 6 nitrogen and oxygen atoms in total. The average Bonchev–Trinajstić information content (AvgIpc) is 2.89. The van der Waals surface area contributed by atoms with Crippen LogP contribution in [0.15, 0.2) is 48.7 Å². The smallest absolute Gasteiger partial charge is 0.229 e. The van der Waals surface area contributed by atoms with E-state index in [1.54, 1.807) is 36.4 Å². The molecule has 9 heteroatoms. The van der Waals surface area contributed by atoms with E-state index in [4.69, 9.17) is 11.6 Å². The van der Waals surface area contributed by atoms with E-state index >= 15 is 0 Å². The first kappa shape index (κ1) is 23.6. The number of carbonyl (C=O) groups is 1. The van der Waals surface area contributed by atoms with Gasteiger partial charge in [0.25, 0.3) is 0 Å². The normalized spacial score (nSPS) is 11.0. The van der Waals surface area contributed by atoms with Crippen LogP contribution < -0.4 is 4.72 Å². The van der Waals surface area contributed by atoms with Crippen molar-refractivity contribution in [2.45, 2.75) is 13.3 Å². The van der Waals surface area contributed by atoms with E-state index in [1.165, 1.54) is 6.20 Å². The molecule has 2 heterocycles. The number of hydrogen-bond acceptors (Lipinski definition) is 4. The number of carbonyl (C=O) groups excluding carboxylic acids is 1. The predicted molar refractivity (Wildman–Crippen MR) is 116 cm³/mol. The first-order valence-electron chi connectivity index (χ1n) is 8.52. The van der Waals surface area contributed by atoms with E-state index in [9.17, 15) is 13.2 Å². The second-order valence-electron chi connectivity index (χ2n) is 6.65. The standard InChI is InChI=1S/C20H20ClN3O3S.Na/c1-13-10-18(11-16-8-9-17(12-22-16)23-28(3,26)27)24(2)19(13)20(25)14-4-6-15(21)7-5-14;/h4-10,12,23H,11H2,1-3H3;. The number of nitrogens with one attached hydrogen (secondary N) is 1. The van der Waals surface area contributed by atoms with Crippen LogP contribution >= 0.6 is 11.6 Å². The van der Waals surface area contributed by atoms with Crippen molar-refractivity contribution in [3.8, 4) is 0 Å². The zero-order valence-electron chi connectivity index (χ0n) is 16.7. The fourth-order valence-electron chi connectivity index (χ4n) is 3.05. The minimum atomic E-state index is -3.34. The summed E-state index contributed by atoms with van der Waals surface area (Å²) in [5, 5.41) is 0.584. The van der Waals surface area contributed by atoms with Gasteiger partial charge in [-0.1, -0.05) is 11.6 Å². The number of benzene rings is 1. The van der Waals surface area contributed by atoms with E-state index in [1.807, 2.05) is 24.6 Å². The predicted octanol–water partition coefficient (Wildman–Crippen LogP) is 3.19. The third kappa shape index (κ3) is 5.93. The zero-order valence-corrected chi connectivity index (χ0v) is 20.3. The van der Waals surface area contributed by atoms with Gasteiger partial charge in [-0.15, -0.1) is 0 Å². The van der Waals surface area contributed by atoms with Crippen molar-refractivity contribution < 1.29 is 13.2 Å². The SMILES string of the molecule is Cc1cc(Cc2ccc(NS(C)(=O)=O)cn2)n(C)c1C(=O)c1ccc(Cl)cc1.[Na]. The maximum Gasteiger partial charge on any atom is 0.229 e. The summed E-state index contributed by atoms with van der Waals surface area (Å²) < 4.78 is 26.8. The van der Waals surface area contributed by atoms with Crippen molar-refractivity contribution in [2.75, 3.05) is 11.0 Å². The summed E-state index contributed by atoms with van der Waals surface area (Å²) in [6.45, 7) is 1.90. The Morgan fingerprint density at radius 2 is 1.83 bits per heavy atom. The van der Waals surface area contributed by atoms with Gasteiger partial charge in [-0.2, -0.15) is 0 Å². The molecule has 0 aliphatic rings. The van der Waals surface area contributed by atoms with Gasteiger partial charge in [-0.3, -0.25) is 14.5 Å². The maximum atomic E-state index is 12.9. The Bertz CT molecular complexity index is 1130. The van der Waals surface area contributed by atoms with Gasteiger partial charge in [-0.25, -0.2) is 8.42 Å². The van der Waals surface area contributed by atoms with Gasteiger partial charge in [0, 0.05) is 65.0 Å². The number of pyridine rings is 1. The van der Waals surface area contributed by atoms with Crippen molar-refractivity contribution in [1.82, 2.24) is 9.55 Å². The molecule has 3 rings (SSSR count). The van der Waals surface area contributed by atoms with Crippen LogP contribution in [0.2, 0.25) is 5.02 Å². The third-order valence-electron chi connectivity index (χ3n) is 4.33. The second kappa shape index (κ2) is 9.45. The summed E-state index contributed by atoms with van der Waals surface area (Å²) in [7, 11) is -1.48. The van der Waals surface area contributed by atoms with Crippen molar-refractivity contribution >= 4 is 62.7 Å². The molecule has 0 aliphatic heterocycles. The Balaban J connectivity index is 0.00000300. The number of rotatable bonds is 6. The fraction of sp³-hybridized carbons (Fsp3) is 0.200. The molecule has 0 atom stereocenters. The van der Waals surface area contributed by atoms with Gasteiger partial charge in [0.1, 0.15) is 0 Å². The van der Waals surface area contributed by atoms with Crippen LogP contribution in [0.1, 0.15) is 33.0 Å². The van der Waals surface area contributed by atoms with E-state index in [2.05, 4.69) is 9.71 Å². The van der Waals surface area contributed by atoms with Crippen molar-refractivity contribution in [3.05, 3.63) is 81.9 Å². The summed E-state index contributed by atoms with van der Waals surface area (Å²) in [4.78, 5) is 17.2. The molecule has 0 bridgehead atoms. The van der Waals surface area contributed by atoms with Crippen molar-refractivity contribution in [3.63, 3.8) is 0 Å². The Morgan fingerprint density at radius 1 is 1.17 bits per heavy atom. The molecule has 1 N–H and O–H groups in total. The number of sulfonamides is 1. The average molecular weight is 441 g/mol. The van der Waals surface area contributed by atoms with Crippen LogP contribution in [0.5, 0.6) is 0 Å². The molecule has 29 heavy (non-hydrogen) atoms. The quantitative estimate of drug-likeness (QED) is 0.471. The van der Waals surface area contributed by atoms with Crippen LogP contribution in [0.3, 0.4) is 0 Å². The number of nitrogens with zero attached hydrogens (tertiary/aromatic N) is 2. The molecule has 0 amide bonds. The maximum absolute atomic E-state index is 12.9. The van der Waals surface area contributed by atoms with Gasteiger partial charge < -0.3 is 4.57 Å². The van der Waals surface area contributed by atoms with E-state index in [0.717, 1.165) is 23.2 Å². The minimum Gasteiger partial charge on any atom is -0.344 e. The molecule has 0 saturated carbocycles. The van der Waals surface area contributed by atoms with Gasteiger partial charge in [0.2, 0.25) is 15.8 Å². The molecule has 0 spiro atoms. The third-order valence-corrected chi connectivity index (χ3v) is 5.19. The number of hydrogen-bond donors (Lipinski definition) is 1. The Labute approximate surface area is 197 Å².